The number of carbonyl (C=O) groups is 2. The van der Waals surface area contributed by atoms with Gasteiger partial charge in [-0.15, -0.1) is 0 Å². The molecule has 2 saturated carbocycles. The van der Waals surface area contributed by atoms with Gasteiger partial charge in [-0.25, -0.2) is 0 Å². The van der Waals surface area contributed by atoms with Crippen LogP contribution in [0.25, 0.3) is 0 Å². The Morgan fingerprint density at radius 1 is 1.20 bits per heavy atom. The van der Waals surface area contributed by atoms with Gasteiger partial charge in [0.1, 0.15) is 0 Å². The molecule has 0 aromatic heterocycles. The van der Waals surface area contributed by atoms with Crippen molar-refractivity contribution in [2.75, 3.05) is 13.1 Å². The summed E-state index contributed by atoms with van der Waals surface area (Å²) in [5.41, 5.74) is 0. The molecule has 2 bridgehead atoms. The van der Waals surface area contributed by atoms with Gasteiger partial charge >= 0.3 is 0 Å². The first-order valence-electron chi connectivity index (χ1n) is 7.90. The fourth-order valence-electron chi connectivity index (χ4n) is 4.39. The van der Waals surface area contributed by atoms with Crippen molar-refractivity contribution in [3.8, 4) is 6.07 Å². The van der Waals surface area contributed by atoms with E-state index in [1.54, 1.807) is 4.90 Å². The molecular weight excluding hydrogens is 252 g/mol. The molecule has 3 rings (SSSR count). The molecule has 3 fully saturated rings. The molecule has 1 heterocycles. The zero-order valence-electron chi connectivity index (χ0n) is 11.9. The fourth-order valence-corrected chi connectivity index (χ4v) is 4.39. The Bertz CT molecular complexity index is 448. The van der Waals surface area contributed by atoms with Crippen molar-refractivity contribution in [3.63, 3.8) is 0 Å². The van der Waals surface area contributed by atoms with Crippen molar-refractivity contribution >= 4 is 11.7 Å². The van der Waals surface area contributed by atoms with Crippen molar-refractivity contribution in [2.24, 2.45) is 23.7 Å². The van der Waals surface area contributed by atoms with Crippen molar-refractivity contribution in [3.05, 3.63) is 0 Å². The third-order valence-corrected chi connectivity index (χ3v) is 5.46. The summed E-state index contributed by atoms with van der Waals surface area (Å²) < 4.78 is 0. The highest BCUT2D eigenvalue weighted by atomic mass is 16.2. The van der Waals surface area contributed by atoms with Crippen LogP contribution in [0.1, 0.15) is 44.9 Å². The van der Waals surface area contributed by atoms with Crippen LogP contribution in [0.2, 0.25) is 0 Å². The topological polar surface area (TPSA) is 61.2 Å². The first-order valence-corrected chi connectivity index (χ1v) is 7.90. The minimum atomic E-state index is -1.05. The van der Waals surface area contributed by atoms with E-state index in [9.17, 15) is 14.9 Å². The van der Waals surface area contributed by atoms with Gasteiger partial charge in [-0.2, -0.15) is 5.26 Å². The van der Waals surface area contributed by atoms with Gasteiger partial charge in [-0.1, -0.05) is 6.42 Å². The summed E-state index contributed by atoms with van der Waals surface area (Å²) in [5, 5.41) is 9.21. The van der Waals surface area contributed by atoms with Gasteiger partial charge in [0.25, 0.3) is 0 Å². The largest absolute Gasteiger partial charge is 0.341 e. The summed E-state index contributed by atoms with van der Waals surface area (Å²) in [6.45, 7) is 1.41. The van der Waals surface area contributed by atoms with E-state index in [-0.39, 0.29) is 11.7 Å². The molecule has 4 atom stereocenters. The lowest BCUT2D eigenvalue weighted by atomic mass is 9.83. The number of nitriles is 1. The molecule has 0 N–H and O–H groups in total. The molecule has 0 unspecified atom stereocenters. The number of fused-ring (bicyclic) bond motifs is 2. The summed E-state index contributed by atoms with van der Waals surface area (Å²) >= 11 is 0. The monoisotopic (exact) mass is 274 g/mol. The molecule has 0 spiro atoms. The van der Waals surface area contributed by atoms with E-state index in [1.165, 1.54) is 19.3 Å². The van der Waals surface area contributed by atoms with Crippen LogP contribution in [0.5, 0.6) is 0 Å². The smallest absolute Gasteiger partial charge is 0.247 e. The Hall–Kier alpha value is -1.37. The van der Waals surface area contributed by atoms with Crippen LogP contribution in [0.4, 0.5) is 0 Å². The van der Waals surface area contributed by atoms with Crippen LogP contribution in [0.3, 0.4) is 0 Å². The third kappa shape index (κ3) is 2.46. The van der Waals surface area contributed by atoms with Crippen LogP contribution in [-0.2, 0) is 9.59 Å². The maximum Gasteiger partial charge on any atom is 0.247 e. The minimum Gasteiger partial charge on any atom is -0.341 e. The predicted octanol–water partition coefficient (Wildman–Crippen LogP) is 2.14. The lowest BCUT2D eigenvalue weighted by molar-refractivity contribution is -0.138. The van der Waals surface area contributed by atoms with E-state index < -0.39 is 5.92 Å². The Kier molecular flexibility index (Phi) is 3.78. The van der Waals surface area contributed by atoms with Gasteiger partial charge in [-0.05, 0) is 49.9 Å². The zero-order valence-corrected chi connectivity index (χ0v) is 11.9. The average Bonchev–Trinajstić information content (AvgIpc) is 3.17. The summed E-state index contributed by atoms with van der Waals surface area (Å²) in [7, 11) is 0. The fraction of sp³-hybridized carbons (Fsp3) is 0.812. The third-order valence-electron chi connectivity index (χ3n) is 5.46. The maximum absolute atomic E-state index is 12.3. The minimum absolute atomic E-state index is 0.137. The predicted molar refractivity (Wildman–Crippen MR) is 73.5 cm³/mol. The molecule has 1 saturated heterocycles. The molecule has 2 aliphatic carbocycles. The number of ketones is 1. The van der Waals surface area contributed by atoms with Gasteiger partial charge in [0.05, 0.1) is 6.07 Å². The van der Waals surface area contributed by atoms with E-state index >= 15 is 0 Å². The van der Waals surface area contributed by atoms with Gasteiger partial charge < -0.3 is 4.90 Å². The van der Waals surface area contributed by atoms with Crippen molar-refractivity contribution < 1.29 is 9.59 Å². The zero-order chi connectivity index (χ0) is 14.1. The van der Waals surface area contributed by atoms with E-state index in [0.717, 1.165) is 25.2 Å². The Balaban J connectivity index is 1.59. The van der Waals surface area contributed by atoms with Crippen molar-refractivity contribution in [1.29, 1.82) is 5.26 Å². The molecule has 0 radical (unpaired) electrons. The SMILES string of the molecule is N#C[C@@H](C(=O)C[C@H]1C[C@H]2CC[C@H]1C2)C(=O)N1CCCC1. The van der Waals surface area contributed by atoms with Gasteiger partial charge in [0, 0.05) is 19.5 Å². The number of carbonyl (C=O) groups excluding carboxylic acids is 2. The summed E-state index contributed by atoms with van der Waals surface area (Å²) in [5.74, 6) is 0.466. The lowest BCUT2D eigenvalue weighted by Gasteiger charge is -2.23. The normalized spacial score (nSPS) is 33.1. The molecule has 20 heavy (non-hydrogen) atoms. The second kappa shape index (κ2) is 5.55. The van der Waals surface area contributed by atoms with Crippen LogP contribution >= 0.6 is 0 Å². The second-order valence-electron chi connectivity index (χ2n) is 6.70. The van der Waals surface area contributed by atoms with E-state index in [2.05, 4.69) is 0 Å². The number of hydrogen-bond donors (Lipinski definition) is 0. The Labute approximate surface area is 120 Å². The maximum atomic E-state index is 12.3. The van der Waals surface area contributed by atoms with Gasteiger partial charge in [-0.3, -0.25) is 9.59 Å². The van der Waals surface area contributed by atoms with Crippen LogP contribution in [-0.4, -0.2) is 29.7 Å². The van der Waals surface area contributed by atoms with Crippen LogP contribution in [0.15, 0.2) is 0 Å². The molecule has 0 aromatic rings. The molecule has 4 heteroatoms. The van der Waals surface area contributed by atoms with E-state index in [1.807, 2.05) is 6.07 Å². The average molecular weight is 274 g/mol. The molecule has 1 amide bonds. The summed E-state index contributed by atoms with van der Waals surface area (Å²) in [6.07, 6.45) is 7.36. The first kappa shape index (κ1) is 13.6. The summed E-state index contributed by atoms with van der Waals surface area (Å²) in [6, 6.07) is 1.96. The Morgan fingerprint density at radius 2 is 1.95 bits per heavy atom. The molecule has 3 aliphatic rings. The molecule has 0 aromatic carbocycles. The number of nitrogens with zero attached hydrogens (tertiary/aromatic N) is 2. The molecular formula is C16H22N2O2. The molecule has 1 aliphatic heterocycles. The van der Waals surface area contributed by atoms with Crippen LogP contribution in [0, 0.1) is 35.0 Å². The number of likely N-dealkylation sites (tertiary alicyclic amines) is 1. The van der Waals surface area contributed by atoms with Crippen molar-refractivity contribution in [2.45, 2.75) is 44.9 Å². The second-order valence-corrected chi connectivity index (χ2v) is 6.70. The first-order chi connectivity index (χ1) is 9.69. The van der Waals surface area contributed by atoms with E-state index in [4.69, 9.17) is 0 Å². The lowest BCUT2D eigenvalue weighted by Crippen LogP contribution is -2.37. The standard InChI is InChI=1S/C16H22N2O2/c17-10-14(16(20)18-5-1-2-6-18)15(19)9-13-8-11-3-4-12(13)7-11/h11-14H,1-9H2/t11-,12-,13+,14-/m0/s1. The highest BCUT2D eigenvalue weighted by Crippen LogP contribution is 2.49. The van der Waals surface area contributed by atoms with Gasteiger partial charge in [0.2, 0.25) is 5.91 Å². The Morgan fingerprint density at radius 3 is 2.50 bits per heavy atom. The van der Waals surface area contributed by atoms with E-state index in [0.29, 0.717) is 31.3 Å². The highest BCUT2D eigenvalue weighted by molar-refractivity contribution is 6.04. The van der Waals surface area contributed by atoms with Gasteiger partial charge in [0.15, 0.2) is 11.7 Å². The number of Topliss-reactive ketones (excluding diaryl/α,β-unsaturated/α-hetero) is 1. The molecule has 108 valence electrons. The number of rotatable bonds is 4. The van der Waals surface area contributed by atoms with Crippen molar-refractivity contribution in [1.82, 2.24) is 4.90 Å². The molecule has 4 nitrogen and oxygen atoms in total. The highest BCUT2D eigenvalue weighted by Gasteiger charge is 2.42. The summed E-state index contributed by atoms with van der Waals surface area (Å²) in [4.78, 5) is 26.3. The number of hydrogen-bond acceptors (Lipinski definition) is 3. The quantitative estimate of drug-likeness (QED) is 0.738. The number of amides is 1. The van der Waals surface area contributed by atoms with Crippen LogP contribution < -0.4 is 0 Å².